The van der Waals surface area contributed by atoms with Gasteiger partial charge in [0.15, 0.2) is 23.9 Å². The normalized spacial score (nSPS) is 15.0. The van der Waals surface area contributed by atoms with Crippen molar-refractivity contribution in [1.29, 1.82) is 0 Å². The fraction of sp³-hybridized carbons (Fsp3) is 0.474. The molecular formula is C38H41Cl2F2N2O12S-. The monoisotopic (exact) mass is 857 g/mol. The van der Waals surface area contributed by atoms with Gasteiger partial charge in [-0.25, -0.2) is 4.79 Å². The van der Waals surface area contributed by atoms with Gasteiger partial charge < -0.3 is 38.2 Å². The fourth-order valence-corrected chi connectivity index (χ4v) is 6.47. The van der Waals surface area contributed by atoms with E-state index in [1.54, 1.807) is 20.8 Å². The molecule has 2 saturated carbocycles. The molecule has 2 aliphatic carbocycles. The summed E-state index contributed by atoms with van der Waals surface area (Å²) in [5.41, 5.74) is -0.329. The predicted octanol–water partition coefficient (Wildman–Crippen LogP) is 6.82. The molecule has 0 aliphatic heterocycles. The van der Waals surface area contributed by atoms with E-state index in [1.807, 2.05) is 0 Å². The number of nitrogens with zero attached hydrogens (tertiary/aromatic N) is 2. The molecule has 0 saturated heterocycles. The molecule has 0 bridgehead atoms. The van der Waals surface area contributed by atoms with Crippen molar-refractivity contribution >= 4 is 58.1 Å². The van der Waals surface area contributed by atoms with E-state index in [4.69, 9.17) is 46.9 Å². The lowest BCUT2D eigenvalue weighted by Crippen LogP contribution is -2.36. The molecule has 0 radical (unpaired) electrons. The van der Waals surface area contributed by atoms with E-state index >= 15 is 0 Å². The summed E-state index contributed by atoms with van der Waals surface area (Å²) in [7, 11) is 0. The first kappa shape index (κ1) is 43.7. The molecule has 19 heteroatoms. The van der Waals surface area contributed by atoms with E-state index in [2.05, 4.69) is 4.74 Å². The largest absolute Gasteiger partial charge is 0.755 e. The standard InChI is InChI=1S/C38H42Cl2F2N2O12S/c1-38(2,3)56-35(46)19-44(57(49)50)29-10-8-25(15-32(29)52-20-22-4-5-22)36(47)51-13-12-34(45)54-31(16-26-27(39)17-43(48)18-28(26)40)24-9-11-30(55-37(41)42)33(14-24)53-21-23-6-7-23/h8-11,14-15,17-18,22-23,31,37H,4-7,12-13,16,19-21H2,1-3H3,(H,49,50)/p-1. The number of carbonyl (C=O) groups is 3. The number of rotatable bonds is 20. The van der Waals surface area contributed by atoms with Crippen LogP contribution in [0.4, 0.5) is 14.5 Å². The lowest BCUT2D eigenvalue weighted by Gasteiger charge is -2.29. The van der Waals surface area contributed by atoms with Gasteiger partial charge in [0.1, 0.15) is 40.7 Å². The minimum atomic E-state index is -3.13. The number of aromatic nitrogens is 1. The predicted molar refractivity (Wildman–Crippen MR) is 201 cm³/mol. The van der Waals surface area contributed by atoms with Gasteiger partial charge in [0.25, 0.3) is 0 Å². The summed E-state index contributed by atoms with van der Waals surface area (Å²) in [5.74, 6) is -2.19. The first-order valence-electron chi connectivity index (χ1n) is 18.0. The molecule has 2 fully saturated rings. The van der Waals surface area contributed by atoms with E-state index in [0.29, 0.717) is 10.3 Å². The van der Waals surface area contributed by atoms with Gasteiger partial charge in [0.2, 0.25) is 0 Å². The molecule has 2 aromatic carbocycles. The zero-order valence-corrected chi connectivity index (χ0v) is 33.5. The van der Waals surface area contributed by atoms with Gasteiger partial charge in [-0.2, -0.15) is 13.5 Å². The molecule has 0 spiro atoms. The smallest absolute Gasteiger partial charge is 0.387 e. The van der Waals surface area contributed by atoms with Gasteiger partial charge in [-0.1, -0.05) is 29.3 Å². The molecule has 2 unspecified atom stereocenters. The highest BCUT2D eigenvalue weighted by molar-refractivity contribution is 7.80. The highest BCUT2D eigenvalue weighted by Crippen LogP contribution is 2.38. The molecule has 14 nitrogen and oxygen atoms in total. The van der Waals surface area contributed by atoms with E-state index in [9.17, 15) is 37.1 Å². The second kappa shape index (κ2) is 19.3. The Morgan fingerprint density at radius 3 is 2.14 bits per heavy atom. The average Bonchev–Trinajstić information content (AvgIpc) is 4.05. The second-order valence-electron chi connectivity index (χ2n) is 14.5. The highest BCUT2D eigenvalue weighted by Gasteiger charge is 2.28. The van der Waals surface area contributed by atoms with Crippen LogP contribution in [0.25, 0.3) is 0 Å². The van der Waals surface area contributed by atoms with Crippen molar-refractivity contribution in [3.63, 3.8) is 0 Å². The summed E-state index contributed by atoms with van der Waals surface area (Å²) in [6, 6.07) is 7.93. The second-order valence-corrected chi connectivity index (χ2v) is 16.2. The van der Waals surface area contributed by atoms with E-state index < -0.39 is 67.1 Å². The first-order chi connectivity index (χ1) is 26.9. The molecule has 2 aliphatic rings. The van der Waals surface area contributed by atoms with Crippen molar-refractivity contribution in [3.05, 3.63) is 80.7 Å². The number of hydrogen-bond donors (Lipinski definition) is 0. The van der Waals surface area contributed by atoms with Gasteiger partial charge in [-0.15, -0.1) is 0 Å². The van der Waals surface area contributed by atoms with Crippen LogP contribution in [0.15, 0.2) is 48.8 Å². The summed E-state index contributed by atoms with van der Waals surface area (Å²) < 4.78 is 84.8. The first-order valence-corrected chi connectivity index (χ1v) is 19.7. The number of carbonyl (C=O) groups excluding carboxylic acids is 3. The Morgan fingerprint density at radius 2 is 1.56 bits per heavy atom. The molecule has 1 aromatic heterocycles. The molecule has 310 valence electrons. The van der Waals surface area contributed by atoms with Crippen LogP contribution >= 0.6 is 23.2 Å². The third kappa shape index (κ3) is 13.6. The zero-order chi connectivity index (χ0) is 41.4. The maximum Gasteiger partial charge on any atom is 0.387 e. The van der Waals surface area contributed by atoms with Crippen LogP contribution in [0.3, 0.4) is 0 Å². The molecule has 2 atom stereocenters. The van der Waals surface area contributed by atoms with E-state index in [1.165, 1.54) is 36.4 Å². The maximum atomic E-state index is 13.2. The number of halogens is 4. The Bertz CT molecular complexity index is 1940. The van der Waals surface area contributed by atoms with Crippen LogP contribution in [-0.4, -0.2) is 65.2 Å². The Balaban J connectivity index is 1.30. The van der Waals surface area contributed by atoms with Gasteiger partial charge in [-0.3, -0.25) is 18.1 Å². The van der Waals surface area contributed by atoms with Crippen molar-refractivity contribution in [2.75, 3.05) is 30.7 Å². The minimum Gasteiger partial charge on any atom is -0.755 e. The van der Waals surface area contributed by atoms with Gasteiger partial charge in [0, 0.05) is 23.3 Å². The molecule has 0 amide bonds. The fourth-order valence-electron chi connectivity index (χ4n) is 5.35. The lowest BCUT2D eigenvalue weighted by atomic mass is 10.0. The van der Waals surface area contributed by atoms with Crippen LogP contribution < -0.4 is 23.2 Å². The third-order valence-corrected chi connectivity index (χ3v) is 9.83. The number of pyridine rings is 1. The Hall–Kier alpha value is -4.45. The summed E-state index contributed by atoms with van der Waals surface area (Å²) in [4.78, 5) is 38.9. The summed E-state index contributed by atoms with van der Waals surface area (Å²) in [6.45, 7) is 1.22. The zero-order valence-electron chi connectivity index (χ0n) is 31.2. The molecular weight excluding hydrogens is 817 g/mol. The van der Waals surface area contributed by atoms with Crippen LogP contribution in [0.1, 0.15) is 80.5 Å². The van der Waals surface area contributed by atoms with Crippen molar-refractivity contribution in [2.24, 2.45) is 11.8 Å². The number of ether oxygens (including phenoxy) is 6. The number of esters is 3. The van der Waals surface area contributed by atoms with Crippen LogP contribution in [0.5, 0.6) is 17.2 Å². The van der Waals surface area contributed by atoms with Crippen LogP contribution in [0, 0.1) is 17.0 Å². The number of anilines is 1. The SMILES string of the molecule is CC(C)(C)OC(=O)CN(c1ccc(C(=O)OCCC(=O)OC(Cc2c(Cl)c[n+]([O-])cc2Cl)c2ccc(OC(F)F)c(OCC3CC3)c2)cc1OCC1CC1)S(=O)[O-]. The molecule has 57 heavy (non-hydrogen) atoms. The van der Waals surface area contributed by atoms with Crippen LogP contribution in [-0.2, 0) is 41.5 Å². The lowest BCUT2D eigenvalue weighted by molar-refractivity contribution is -0.605. The molecule has 3 aromatic rings. The summed E-state index contributed by atoms with van der Waals surface area (Å²) in [6.07, 6.45) is 4.12. The molecule has 5 rings (SSSR count). The number of benzene rings is 2. The highest BCUT2D eigenvalue weighted by atomic mass is 35.5. The van der Waals surface area contributed by atoms with Crippen molar-refractivity contribution in [3.8, 4) is 17.2 Å². The Labute approximate surface area is 340 Å². The molecule has 1 heterocycles. The van der Waals surface area contributed by atoms with Crippen molar-refractivity contribution < 1.29 is 65.1 Å². The number of hydrogen-bond acceptors (Lipinski definition) is 12. The quantitative estimate of drug-likeness (QED) is 0.0382. The topological polar surface area (TPSA) is 177 Å². The van der Waals surface area contributed by atoms with Gasteiger partial charge in [-0.05, 0) is 94.2 Å². The Kier molecular flexibility index (Phi) is 14.8. The molecule has 0 N–H and O–H groups in total. The van der Waals surface area contributed by atoms with E-state index in [-0.39, 0.29) is 75.6 Å². The minimum absolute atomic E-state index is 0.000369. The summed E-state index contributed by atoms with van der Waals surface area (Å²) in [5, 5.41) is 11.9. The summed E-state index contributed by atoms with van der Waals surface area (Å²) >= 11 is 9.74. The third-order valence-electron chi connectivity index (χ3n) is 8.50. The van der Waals surface area contributed by atoms with Gasteiger partial charge >= 0.3 is 24.5 Å². The van der Waals surface area contributed by atoms with E-state index in [0.717, 1.165) is 42.4 Å². The van der Waals surface area contributed by atoms with Crippen molar-refractivity contribution in [2.45, 2.75) is 77.6 Å². The number of alkyl halides is 2. The maximum absolute atomic E-state index is 13.2. The van der Waals surface area contributed by atoms with Crippen molar-refractivity contribution in [1.82, 2.24) is 0 Å². The average molecular weight is 859 g/mol. The van der Waals surface area contributed by atoms with Gasteiger partial charge in [0.05, 0.1) is 30.9 Å². The van der Waals surface area contributed by atoms with Crippen LogP contribution in [0.2, 0.25) is 10.0 Å². The Morgan fingerprint density at radius 1 is 0.930 bits per heavy atom.